The maximum Gasteiger partial charge on any atom is 0.352 e. The van der Waals surface area contributed by atoms with Crippen molar-refractivity contribution >= 4 is 68.5 Å². The zero-order valence-corrected chi connectivity index (χ0v) is 39.3. The van der Waals surface area contributed by atoms with Crippen LogP contribution in [-0.4, -0.2) is 109 Å². The first kappa shape index (κ1) is 50.8. The topological polar surface area (TPSA) is 280 Å². The fraction of sp³-hybridized carbons (Fsp3) is 0.234. The van der Waals surface area contributed by atoms with Gasteiger partial charge in [-0.1, -0.05) is 52.3 Å². The Labute approximate surface area is 400 Å². The summed E-state index contributed by atoms with van der Waals surface area (Å²) in [7, 11) is 6.26. The first-order valence-electron chi connectivity index (χ1n) is 20.9. The van der Waals surface area contributed by atoms with Crippen LogP contribution in [0, 0.1) is 0 Å². The lowest BCUT2D eigenvalue weighted by atomic mass is 10.1. The number of carboxylic acids is 1. The Morgan fingerprint density at radius 3 is 1.46 bits per heavy atom. The van der Waals surface area contributed by atoms with Crippen LogP contribution < -0.4 is 26.3 Å². The lowest BCUT2D eigenvalue weighted by Gasteiger charge is -2.18. The number of carbonyl (C=O) groups is 4. The maximum atomic E-state index is 12.2. The fourth-order valence-corrected chi connectivity index (χ4v) is 6.58. The number of nitrogens with one attached hydrogen (secondary N) is 1. The van der Waals surface area contributed by atoms with Gasteiger partial charge in [0.1, 0.15) is 34.6 Å². The van der Waals surface area contributed by atoms with Gasteiger partial charge >= 0.3 is 5.97 Å². The Morgan fingerprint density at radius 1 is 0.603 bits per heavy atom. The Kier molecular flexibility index (Phi) is 19.0. The third-order valence-electron chi connectivity index (χ3n) is 9.68. The van der Waals surface area contributed by atoms with Gasteiger partial charge in [-0.15, -0.1) is 15.3 Å². The van der Waals surface area contributed by atoms with E-state index in [0.717, 1.165) is 62.0 Å². The van der Waals surface area contributed by atoms with E-state index < -0.39 is 5.97 Å². The normalized spacial score (nSPS) is 12.9. The molecule has 0 fully saturated rings. The summed E-state index contributed by atoms with van der Waals surface area (Å²) < 4.78 is 11.4. The van der Waals surface area contributed by atoms with Crippen molar-refractivity contribution in [2.75, 3.05) is 45.1 Å². The predicted octanol–water partition coefficient (Wildman–Crippen LogP) is 5.37. The monoisotopic (exact) mass is 987 g/mol. The lowest BCUT2D eigenvalue weighted by molar-refractivity contribution is -0.132. The van der Waals surface area contributed by atoms with E-state index >= 15 is 0 Å². The number of amides is 3. The number of carbonyl (C=O) groups excluding carboxylic acids is 3. The quantitative estimate of drug-likeness (QED) is 0.127. The minimum absolute atomic E-state index is 0.0482. The van der Waals surface area contributed by atoms with Crippen LogP contribution in [0.15, 0.2) is 124 Å². The number of hydrogen-bond acceptors (Lipinski definition) is 16. The number of nitrogens with two attached hydrogens (primary N) is 2. The highest BCUT2D eigenvalue weighted by Crippen LogP contribution is 2.18. The molecule has 2 aliphatic heterocycles. The Bertz CT molecular complexity index is 2720. The van der Waals surface area contributed by atoms with Crippen LogP contribution >= 0.6 is 15.9 Å². The number of ether oxygens (including phenoxy) is 2. The van der Waals surface area contributed by atoms with Gasteiger partial charge in [0.05, 0.1) is 31.3 Å². The van der Waals surface area contributed by atoms with Crippen LogP contribution in [0.3, 0.4) is 0 Å². The van der Waals surface area contributed by atoms with Crippen LogP contribution in [0.5, 0.6) is 11.5 Å². The summed E-state index contributed by atoms with van der Waals surface area (Å²) in [5.41, 5.74) is 17.3. The molecule has 0 unspecified atom stereocenters. The third-order valence-corrected chi connectivity index (χ3v) is 10.2. The van der Waals surface area contributed by atoms with Crippen molar-refractivity contribution in [3.05, 3.63) is 147 Å². The first-order valence-corrected chi connectivity index (χ1v) is 21.7. The zero-order valence-electron chi connectivity index (χ0n) is 37.7. The summed E-state index contributed by atoms with van der Waals surface area (Å²) in [5.74, 6) is 1.19. The third kappa shape index (κ3) is 16.7. The molecule has 6 N–H and O–H groups in total. The van der Waals surface area contributed by atoms with Crippen molar-refractivity contribution in [3.63, 3.8) is 0 Å². The van der Waals surface area contributed by atoms with Crippen molar-refractivity contribution in [1.82, 2.24) is 40.6 Å². The number of rotatable bonds is 11. The summed E-state index contributed by atoms with van der Waals surface area (Å²) in [6, 6.07) is 34.5. The van der Waals surface area contributed by atoms with Gasteiger partial charge in [0.2, 0.25) is 11.8 Å². The van der Waals surface area contributed by atoms with Gasteiger partial charge in [-0.05, 0) is 89.5 Å². The second kappa shape index (κ2) is 25.5. The van der Waals surface area contributed by atoms with Gasteiger partial charge in [-0.3, -0.25) is 14.4 Å². The largest absolute Gasteiger partial charge is 0.497 e. The molecule has 0 aliphatic carbocycles. The average Bonchev–Trinajstić information content (AvgIpc) is 3.33. The Balaban J connectivity index is 0.000000179. The number of methoxy groups -OCH3 is 2. The molecule has 352 valence electrons. The summed E-state index contributed by atoms with van der Waals surface area (Å²) in [6.07, 6.45) is 3.17. The molecule has 0 bridgehead atoms. The van der Waals surface area contributed by atoms with E-state index in [1.54, 1.807) is 38.5 Å². The molecule has 0 atom stereocenters. The Morgan fingerprint density at radius 2 is 1.04 bits per heavy atom. The van der Waals surface area contributed by atoms with Crippen LogP contribution in [0.1, 0.15) is 59.5 Å². The van der Waals surface area contributed by atoms with Crippen molar-refractivity contribution in [2.45, 2.75) is 44.9 Å². The SMILES string of the molecule is CN1N=C(C(=O)O)CCC1=O.COc1cccc(Cc2ccc(N)nn2)c1.COc1cccc(Cc2ccc(NC(=O)C3=NN(C)C(=O)CC3)nn2)c1.Nc1ccc(Cc2cccc(Br)c2)nn1. The predicted molar refractivity (Wildman–Crippen MR) is 259 cm³/mol. The van der Waals surface area contributed by atoms with E-state index in [0.29, 0.717) is 36.0 Å². The number of nitrogen functional groups attached to an aromatic ring is 2. The second-order valence-electron chi connectivity index (χ2n) is 14.9. The van der Waals surface area contributed by atoms with E-state index in [1.165, 1.54) is 24.7 Å². The molecule has 5 heterocycles. The lowest BCUT2D eigenvalue weighted by Crippen LogP contribution is -2.34. The average molecular weight is 989 g/mol. The number of aliphatic carboxylic acids is 1. The van der Waals surface area contributed by atoms with Crippen molar-refractivity contribution in [1.29, 1.82) is 0 Å². The molecule has 3 aromatic carbocycles. The van der Waals surface area contributed by atoms with Crippen LogP contribution in [-0.2, 0) is 38.4 Å². The molecule has 0 saturated carbocycles. The summed E-state index contributed by atoms with van der Waals surface area (Å²) in [4.78, 5) is 44.7. The zero-order chi connectivity index (χ0) is 49.0. The summed E-state index contributed by atoms with van der Waals surface area (Å²) in [6.45, 7) is 0. The van der Waals surface area contributed by atoms with Gasteiger partial charge in [-0.2, -0.15) is 25.5 Å². The summed E-state index contributed by atoms with van der Waals surface area (Å²) in [5, 5.41) is 44.8. The van der Waals surface area contributed by atoms with Gasteiger partial charge in [0.25, 0.3) is 5.91 Å². The van der Waals surface area contributed by atoms with Crippen molar-refractivity contribution in [2.24, 2.45) is 10.2 Å². The number of hydrazone groups is 2. The minimum atomic E-state index is -1.05. The molecule has 0 radical (unpaired) electrons. The highest BCUT2D eigenvalue weighted by molar-refractivity contribution is 9.10. The molecular formula is C47H50BrN13O7. The van der Waals surface area contributed by atoms with E-state index in [1.807, 2.05) is 72.8 Å². The Hall–Kier alpha value is -8.20. The standard InChI is InChI=1S/C18H19N5O3.C12H13N3O.C11H10BrN3.C6H8N2O3/c1-23-17(24)9-7-15(22-23)18(25)19-16-8-6-13(20-21-16)10-12-4-3-5-14(11-12)26-2;1-16-11-4-2-3-9(8-11)7-10-5-6-12(13)15-14-10;12-9-3-1-2-8(6-9)7-10-4-5-11(13)15-14-10;1-8-5(9)3-2-4(7-8)6(10)11/h3-6,8,11H,7,9-10H2,1-2H3,(H,19,21,25);2-6,8H,7H2,1H3,(H2,13,15);1-6H,7H2,(H2,13,15);2-3H2,1H3,(H,10,11). The van der Waals surface area contributed by atoms with E-state index in [-0.39, 0.29) is 42.7 Å². The maximum absolute atomic E-state index is 12.2. The molecule has 0 saturated heterocycles. The van der Waals surface area contributed by atoms with Crippen LogP contribution in [0.2, 0.25) is 0 Å². The molecule has 8 rings (SSSR count). The number of anilines is 3. The second-order valence-corrected chi connectivity index (χ2v) is 15.8. The number of hydrogen-bond donors (Lipinski definition) is 4. The molecule has 0 spiro atoms. The summed E-state index contributed by atoms with van der Waals surface area (Å²) >= 11 is 3.43. The molecule has 6 aromatic rings. The fourth-order valence-electron chi connectivity index (χ4n) is 6.13. The molecule has 2 aliphatic rings. The van der Waals surface area contributed by atoms with Gasteiger partial charge in [0.15, 0.2) is 5.82 Å². The minimum Gasteiger partial charge on any atom is -0.497 e. The van der Waals surface area contributed by atoms with Gasteiger partial charge in [-0.25, -0.2) is 14.8 Å². The first-order chi connectivity index (χ1) is 32.7. The van der Waals surface area contributed by atoms with E-state index in [9.17, 15) is 19.2 Å². The molecule has 68 heavy (non-hydrogen) atoms. The number of benzene rings is 3. The van der Waals surface area contributed by atoms with Crippen molar-refractivity contribution < 1.29 is 33.8 Å². The van der Waals surface area contributed by atoms with Gasteiger partial charge < -0.3 is 31.4 Å². The molecule has 3 aromatic heterocycles. The number of halogens is 1. The molecule has 20 nitrogen and oxygen atoms in total. The van der Waals surface area contributed by atoms with E-state index in [2.05, 4.69) is 74.2 Å². The molecular weight excluding hydrogens is 939 g/mol. The molecule has 3 amide bonds. The van der Waals surface area contributed by atoms with Gasteiger partial charge in [0, 0.05) is 63.5 Å². The number of nitrogens with zero attached hydrogens (tertiary/aromatic N) is 10. The highest BCUT2D eigenvalue weighted by atomic mass is 79.9. The smallest absolute Gasteiger partial charge is 0.352 e. The number of aromatic nitrogens is 6. The van der Waals surface area contributed by atoms with Crippen LogP contribution in [0.4, 0.5) is 17.5 Å². The highest BCUT2D eigenvalue weighted by Gasteiger charge is 2.23. The number of carboxylic acid groups (broad SMARTS) is 1. The van der Waals surface area contributed by atoms with Crippen LogP contribution in [0.25, 0.3) is 0 Å². The van der Waals surface area contributed by atoms with Crippen molar-refractivity contribution in [3.8, 4) is 11.5 Å². The molecule has 21 heteroatoms. The van der Waals surface area contributed by atoms with E-state index in [4.69, 9.17) is 26.0 Å².